The van der Waals surface area contributed by atoms with Crippen LogP contribution in [0.15, 0.2) is 24.3 Å². The summed E-state index contributed by atoms with van der Waals surface area (Å²) in [4.78, 5) is 38.1. The topological polar surface area (TPSA) is 84.9 Å². The van der Waals surface area contributed by atoms with Crippen LogP contribution in [0.2, 0.25) is 5.02 Å². The van der Waals surface area contributed by atoms with Crippen LogP contribution in [-0.2, 0) is 25.5 Å². The van der Waals surface area contributed by atoms with E-state index < -0.39 is 35.7 Å². The summed E-state index contributed by atoms with van der Waals surface area (Å²) < 4.78 is 9.93. The largest absolute Gasteiger partial charge is 0.467 e. The van der Waals surface area contributed by atoms with Crippen LogP contribution in [-0.4, -0.2) is 54.7 Å². The van der Waals surface area contributed by atoms with Crippen LogP contribution in [0.5, 0.6) is 0 Å². The zero-order valence-electron chi connectivity index (χ0n) is 16.5. The molecule has 0 fully saturated rings. The SMILES string of the molecule is COC(=O)[C@H](C)N(C)C(=O)[C@H](Cc1ccc(Cl)cc1)NC(=O)OC(C)(C)C. The summed E-state index contributed by atoms with van der Waals surface area (Å²) in [7, 11) is 2.73. The third-order valence-electron chi connectivity index (χ3n) is 3.81. The number of nitrogens with one attached hydrogen (secondary N) is 1. The Kier molecular flexibility index (Phi) is 8.09. The van der Waals surface area contributed by atoms with E-state index in [-0.39, 0.29) is 6.42 Å². The van der Waals surface area contributed by atoms with Crippen LogP contribution < -0.4 is 5.32 Å². The van der Waals surface area contributed by atoms with Crippen molar-refractivity contribution in [1.29, 1.82) is 0 Å². The van der Waals surface area contributed by atoms with Gasteiger partial charge >= 0.3 is 12.1 Å². The Morgan fingerprint density at radius 1 is 1.19 bits per heavy atom. The molecule has 1 aromatic carbocycles. The second kappa shape index (κ2) is 9.60. The number of nitrogens with zero attached hydrogens (tertiary/aromatic N) is 1. The molecule has 0 aliphatic heterocycles. The Labute approximate surface area is 165 Å². The average Bonchev–Trinajstić information content (AvgIpc) is 2.58. The fourth-order valence-corrected chi connectivity index (χ4v) is 2.40. The minimum Gasteiger partial charge on any atom is -0.467 e. The first-order chi connectivity index (χ1) is 12.4. The average molecular weight is 399 g/mol. The van der Waals surface area contributed by atoms with Gasteiger partial charge in [0.2, 0.25) is 5.91 Å². The monoisotopic (exact) mass is 398 g/mol. The van der Waals surface area contributed by atoms with Crippen LogP contribution in [0, 0.1) is 0 Å². The van der Waals surface area contributed by atoms with Gasteiger partial charge in [0.1, 0.15) is 17.7 Å². The van der Waals surface area contributed by atoms with E-state index in [0.29, 0.717) is 5.02 Å². The van der Waals surface area contributed by atoms with Crippen molar-refractivity contribution in [3.8, 4) is 0 Å². The van der Waals surface area contributed by atoms with Crippen LogP contribution >= 0.6 is 11.6 Å². The van der Waals surface area contributed by atoms with Gasteiger partial charge in [-0.2, -0.15) is 0 Å². The molecule has 0 aromatic heterocycles. The Balaban J connectivity index is 3.01. The summed E-state index contributed by atoms with van der Waals surface area (Å²) in [6.45, 7) is 6.74. The fourth-order valence-electron chi connectivity index (χ4n) is 2.27. The van der Waals surface area contributed by atoms with Gasteiger partial charge in [0.05, 0.1) is 7.11 Å². The van der Waals surface area contributed by atoms with Gasteiger partial charge in [-0.1, -0.05) is 23.7 Å². The lowest BCUT2D eigenvalue weighted by Gasteiger charge is -2.29. The van der Waals surface area contributed by atoms with Crippen molar-refractivity contribution in [1.82, 2.24) is 10.2 Å². The third kappa shape index (κ3) is 7.46. The Morgan fingerprint density at radius 2 is 1.74 bits per heavy atom. The lowest BCUT2D eigenvalue weighted by molar-refractivity contribution is -0.151. The first-order valence-electron chi connectivity index (χ1n) is 8.53. The second-order valence-electron chi connectivity index (χ2n) is 7.18. The highest BCUT2D eigenvalue weighted by molar-refractivity contribution is 6.30. The van der Waals surface area contributed by atoms with Crippen molar-refractivity contribution in [3.63, 3.8) is 0 Å². The first kappa shape index (κ1) is 22.8. The molecule has 0 radical (unpaired) electrons. The number of alkyl carbamates (subject to hydrolysis) is 1. The van der Waals surface area contributed by atoms with Crippen molar-refractivity contribution in [2.45, 2.75) is 51.8 Å². The van der Waals surface area contributed by atoms with Crippen molar-refractivity contribution >= 4 is 29.6 Å². The first-order valence-corrected chi connectivity index (χ1v) is 8.91. The summed E-state index contributed by atoms with van der Waals surface area (Å²) in [5, 5.41) is 3.16. The molecular formula is C19H27ClN2O5. The number of esters is 1. The molecule has 1 N–H and O–H groups in total. The lowest BCUT2D eigenvalue weighted by atomic mass is 10.0. The Hall–Kier alpha value is -2.28. The molecule has 1 rings (SSSR count). The number of ether oxygens (including phenoxy) is 2. The molecule has 0 bridgehead atoms. The molecule has 7 nitrogen and oxygen atoms in total. The summed E-state index contributed by atoms with van der Waals surface area (Å²) >= 11 is 5.89. The number of benzene rings is 1. The van der Waals surface area contributed by atoms with Crippen molar-refractivity contribution in [2.24, 2.45) is 0 Å². The highest BCUT2D eigenvalue weighted by Crippen LogP contribution is 2.14. The van der Waals surface area contributed by atoms with E-state index in [4.69, 9.17) is 16.3 Å². The quantitative estimate of drug-likeness (QED) is 0.745. The fraction of sp³-hybridized carbons (Fsp3) is 0.526. The number of carbonyl (C=O) groups is 3. The molecule has 0 saturated carbocycles. The molecule has 0 aliphatic rings. The smallest absolute Gasteiger partial charge is 0.408 e. The lowest BCUT2D eigenvalue weighted by Crippen LogP contribution is -2.53. The maximum Gasteiger partial charge on any atom is 0.408 e. The van der Waals surface area contributed by atoms with Gasteiger partial charge in [-0.3, -0.25) is 4.79 Å². The summed E-state index contributed by atoms with van der Waals surface area (Å²) in [6.07, 6.45) is -0.498. The Bertz CT molecular complexity index is 670. The maximum atomic E-state index is 12.9. The number of hydrogen-bond acceptors (Lipinski definition) is 5. The number of hydrogen-bond donors (Lipinski definition) is 1. The van der Waals surface area contributed by atoms with Gasteiger partial charge in [-0.15, -0.1) is 0 Å². The molecule has 0 unspecified atom stereocenters. The number of methoxy groups -OCH3 is 1. The van der Waals surface area contributed by atoms with E-state index in [0.717, 1.165) is 5.56 Å². The number of rotatable bonds is 6. The molecule has 0 aliphatic carbocycles. The van der Waals surface area contributed by atoms with Gasteiger partial charge in [0.25, 0.3) is 0 Å². The van der Waals surface area contributed by atoms with Crippen molar-refractivity contribution in [3.05, 3.63) is 34.9 Å². The highest BCUT2D eigenvalue weighted by Gasteiger charge is 2.31. The van der Waals surface area contributed by atoms with E-state index in [1.54, 1.807) is 52.0 Å². The zero-order valence-corrected chi connectivity index (χ0v) is 17.3. The minimum atomic E-state index is -0.918. The van der Waals surface area contributed by atoms with E-state index in [1.165, 1.54) is 19.1 Å². The molecule has 0 heterocycles. The van der Waals surface area contributed by atoms with E-state index in [9.17, 15) is 14.4 Å². The minimum absolute atomic E-state index is 0.216. The van der Waals surface area contributed by atoms with Gasteiger partial charge in [-0.25, -0.2) is 9.59 Å². The number of amides is 2. The van der Waals surface area contributed by atoms with Gasteiger partial charge in [-0.05, 0) is 45.4 Å². The second-order valence-corrected chi connectivity index (χ2v) is 7.61. The summed E-state index contributed by atoms with van der Waals surface area (Å²) in [6, 6.07) is 5.22. The molecule has 2 atom stereocenters. The van der Waals surface area contributed by atoms with Crippen molar-refractivity contribution < 1.29 is 23.9 Å². The number of carbonyl (C=O) groups excluding carboxylic acids is 3. The van der Waals surface area contributed by atoms with Crippen LogP contribution in [0.25, 0.3) is 0 Å². The van der Waals surface area contributed by atoms with Gasteiger partial charge < -0.3 is 19.7 Å². The molecule has 2 amide bonds. The van der Waals surface area contributed by atoms with E-state index in [1.807, 2.05) is 0 Å². The molecule has 150 valence electrons. The predicted molar refractivity (Wildman–Crippen MR) is 103 cm³/mol. The molecular weight excluding hydrogens is 372 g/mol. The van der Waals surface area contributed by atoms with Crippen LogP contribution in [0.3, 0.4) is 0 Å². The third-order valence-corrected chi connectivity index (χ3v) is 4.06. The Morgan fingerprint density at radius 3 is 2.22 bits per heavy atom. The zero-order chi connectivity index (χ0) is 20.8. The van der Waals surface area contributed by atoms with Gasteiger partial charge in [0, 0.05) is 18.5 Å². The summed E-state index contributed by atoms with van der Waals surface area (Å²) in [5.74, 6) is -0.984. The molecule has 27 heavy (non-hydrogen) atoms. The standard InChI is InChI=1S/C19H27ClN2O5/c1-12(17(24)26-6)22(5)16(23)15(21-18(25)27-19(2,3)4)11-13-7-9-14(20)10-8-13/h7-10,12,15H,11H2,1-6H3,(H,21,25)/t12-,15-/m0/s1. The summed E-state index contributed by atoms with van der Waals surface area (Å²) in [5.41, 5.74) is 0.0938. The van der Waals surface area contributed by atoms with E-state index >= 15 is 0 Å². The van der Waals surface area contributed by atoms with Crippen LogP contribution in [0.1, 0.15) is 33.3 Å². The molecule has 0 saturated heterocycles. The van der Waals surface area contributed by atoms with Crippen LogP contribution in [0.4, 0.5) is 4.79 Å². The van der Waals surface area contributed by atoms with Crippen molar-refractivity contribution in [2.75, 3.05) is 14.2 Å². The normalized spacial score (nSPS) is 13.3. The number of likely N-dealkylation sites (N-methyl/N-ethyl adjacent to an activating group) is 1. The molecule has 0 spiro atoms. The molecule has 1 aromatic rings. The van der Waals surface area contributed by atoms with Gasteiger partial charge in [0.15, 0.2) is 0 Å². The predicted octanol–water partition coefficient (Wildman–Crippen LogP) is 2.80. The maximum absolute atomic E-state index is 12.9. The molecule has 8 heteroatoms. The van der Waals surface area contributed by atoms with E-state index in [2.05, 4.69) is 10.1 Å². The number of halogens is 1. The highest BCUT2D eigenvalue weighted by atomic mass is 35.5.